The third-order valence-electron chi connectivity index (χ3n) is 12.7. The maximum Gasteiger partial charge on any atom is 0.417 e. The number of methoxy groups -OCH3 is 1. The number of alkyl halides is 3. The predicted octanol–water partition coefficient (Wildman–Crippen LogP) is 9.66. The Labute approximate surface area is 365 Å². The van der Waals surface area contributed by atoms with Gasteiger partial charge in [-0.3, -0.25) is 24.0 Å². The van der Waals surface area contributed by atoms with Gasteiger partial charge >= 0.3 is 12.1 Å². The van der Waals surface area contributed by atoms with E-state index in [9.17, 15) is 37.1 Å². The van der Waals surface area contributed by atoms with E-state index in [0.717, 1.165) is 74.0 Å². The van der Waals surface area contributed by atoms with Gasteiger partial charge in [0, 0.05) is 48.3 Å². The smallest absolute Gasteiger partial charge is 0.417 e. The van der Waals surface area contributed by atoms with Crippen LogP contribution < -0.4 is 14.4 Å². The number of fused-ring (bicyclic) bond motifs is 2. The molecule has 6 rings (SSSR count). The molecule has 2 fully saturated rings. The molecule has 4 aliphatic rings. The first-order chi connectivity index (χ1) is 28.9. The van der Waals surface area contributed by atoms with Gasteiger partial charge in [0.25, 0.3) is 17.7 Å². The molecule has 0 spiro atoms. The van der Waals surface area contributed by atoms with Gasteiger partial charge in [0.1, 0.15) is 11.5 Å². The van der Waals surface area contributed by atoms with Gasteiger partial charge in [-0.2, -0.15) is 13.2 Å². The lowest BCUT2D eigenvalue weighted by Gasteiger charge is -2.41. The van der Waals surface area contributed by atoms with E-state index in [1.54, 1.807) is 34.6 Å². The molecule has 14 heteroatoms. The number of hydrogen-bond acceptors (Lipinski definition) is 8. The van der Waals surface area contributed by atoms with Crippen molar-refractivity contribution in [2.75, 3.05) is 18.6 Å². The zero-order valence-electron chi connectivity index (χ0n) is 38.4. The summed E-state index contributed by atoms with van der Waals surface area (Å²) in [6.07, 6.45) is 5.65. The van der Waals surface area contributed by atoms with Crippen LogP contribution in [0.4, 0.5) is 18.9 Å². The minimum absolute atomic E-state index is 0.0266. The molecule has 2 aliphatic carbocycles. The van der Waals surface area contributed by atoms with Crippen LogP contribution in [0, 0.1) is 12.8 Å². The third-order valence-corrected chi connectivity index (χ3v) is 12.7. The number of hydrogen-bond donors (Lipinski definition) is 0. The molecule has 0 bridgehead atoms. The number of amides is 3. The highest BCUT2D eigenvalue weighted by Crippen LogP contribution is 2.45. The van der Waals surface area contributed by atoms with E-state index in [2.05, 4.69) is 18.7 Å². The molecule has 0 unspecified atom stereocenters. The van der Waals surface area contributed by atoms with E-state index >= 15 is 0 Å². The van der Waals surface area contributed by atoms with E-state index in [1.807, 2.05) is 19.1 Å². The molecule has 0 radical (unpaired) electrons. The third kappa shape index (κ3) is 10.4. The van der Waals surface area contributed by atoms with Crippen LogP contribution in [0.1, 0.15) is 164 Å². The van der Waals surface area contributed by atoms with Crippen LogP contribution in [0.25, 0.3) is 0 Å². The van der Waals surface area contributed by atoms with Crippen molar-refractivity contribution in [1.82, 2.24) is 9.80 Å². The van der Waals surface area contributed by atoms with Crippen LogP contribution in [0.5, 0.6) is 11.5 Å². The largest absolute Gasteiger partial charge is 0.480 e. The molecular weight excluding hydrogens is 804 g/mol. The Bertz CT molecular complexity index is 2010. The molecule has 342 valence electrons. The fraction of sp³-hybridized carbons (Fsp3) is 0.646. The molecule has 11 nitrogen and oxygen atoms in total. The van der Waals surface area contributed by atoms with E-state index in [1.165, 1.54) is 50.0 Å². The molecule has 2 aliphatic heterocycles. The van der Waals surface area contributed by atoms with Crippen LogP contribution in [-0.4, -0.2) is 88.3 Å². The lowest BCUT2D eigenvalue weighted by atomic mass is 9.89. The molecule has 2 heterocycles. The molecule has 1 atom stereocenters. The number of carbonyl (C=O) groups is 5. The second-order valence-corrected chi connectivity index (χ2v) is 19.0. The first-order valence-electron chi connectivity index (χ1n) is 22.2. The Morgan fingerprint density at radius 1 is 0.758 bits per heavy atom. The second kappa shape index (κ2) is 19.0. The minimum Gasteiger partial charge on any atom is -0.480 e. The van der Waals surface area contributed by atoms with Crippen molar-refractivity contribution in [3.05, 3.63) is 52.1 Å². The summed E-state index contributed by atoms with van der Waals surface area (Å²) in [4.78, 5) is 69.6. The fourth-order valence-corrected chi connectivity index (χ4v) is 9.30. The lowest BCUT2D eigenvalue weighted by molar-refractivity contribution is -0.144. The van der Waals surface area contributed by atoms with Gasteiger partial charge in [0.05, 0.1) is 29.8 Å². The molecule has 3 amide bonds. The SMILES string of the molecule is COC(=O)[C@@H](C)CN1C(=O)C(C)(C)Oc2cc(C(F)(F)F)c(C(=O)N(C(C)C)C3CCCCC3)cc21.Cc1cc2c(cc1C(=O)N(C(C)C)C1CCCCC1)CC(=O)C(C)(C)O2. The van der Waals surface area contributed by atoms with Crippen molar-refractivity contribution >= 4 is 35.2 Å². The molecule has 2 saturated carbocycles. The van der Waals surface area contributed by atoms with Crippen LogP contribution in [-0.2, 0) is 31.7 Å². The van der Waals surface area contributed by atoms with Crippen LogP contribution in [0.2, 0.25) is 0 Å². The number of benzene rings is 2. The van der Waals surface area contributed by atoms with Crippen molar-refractivity contribution in [1.29, 1.82) is 0 Å². The molecule has 62 heavy (non-hydrogen) atoms. The Kier molecular flexibility index (Phi) is 14.8. The minimum atomic E-state index is -4.83. The number of halogens is 3. The first-order valence-corrected chi connectivity index (χ1v) is 22.2. The van der Waals surface area contributed by atoms with E-state index in [0.29, 0.717) is 18.0 Å². The van der Waals surface area contributed by atoms with Gasteiger partial charge in [-0.25, -0.2) is 0 Å². The van der Waals surface area contributed by atoms with Crippen LogP contribution >= 0.6 is 0 Å². The Hall–Kier alpha value is -4.62. The number of Topliss-reactive ketones (excluding diaryl/α,β-unsaturated/α-hetero) is 1. The summed E-state index contributed by atoms with van der Waals surface area (Å²) < 4.78 is 59.1. The first kappa shape index (κ1) is 48.4. The number of carbonyl (C=O) groups excluding carboxylic acids is 5. The zero-order valence-corrected chi connectivity index (χ0v) is 38.4. The van der Waals surface area contributed by atoms with E-state index in [4.69, 9.17) is 14.2 Å². The Morgan fingerprint density at radius 2 is 1.26 bits per heavy atom. The number of ether oxygens (including phenoxy) is 3. The normalized spacial score (nSPS) is 19.3. The van der Waals surface area contributed by atoms with Gasteiger partial charge in [-0.15, -0.1) is 0 Å². The highest BCUT2D eigenvalue weighted by Gasteiger charge is 2.46. The number of rotatable bonds is 9. The maximum absolute atomic E-state index is 14.2. The summed E-state index contributed by atoms with van der Waals surface area (Å²) in [7, 11) is 1.22. The molecule has 0 aromatic heterocycles. The number of anilines is 1. The second-order valence-electron chi connectivity index (χ2n) is 19.0. The van der Waals surface area contributed by atoms with Crippen molar-refractivity contribution in [2.45, 2.75) is 181 Å². The summed E-state index contributed by atoms with van der Waals surface area (Å²) in [6.45, 7) is 17.6. The van der Waals surface area contributed by atoms with E-state index < -0.39 is 52.2 Å². The molecule has 2 aromatic rings. The molecule has 0 N–H and O–H groups in total. The summed E-state index contributed by atoms with van der Waals surface area (Å²) >= 11 is 0. The van der Waals surface area contributed by atoms with Crippen molar-refractivity contribution in [2.24, 2.45) is 5.92 Å². The van der Waals surface area contributed by atoms with Crippen molar-refractivity contribution in [3.8, 4) is 11.5 Å². The molecule has 2 aromatic carbocycles. The maximum atomic E-state index is 14.2. The zero-order chi connectivity index (χ0) is 46.1. The number of aryl methyl sites for hydroxylation is 1. The number of ketones is 1. The van der Waals surface area contributed by atoms with Gasteiger partial charge in [0.2, 0.25) is 0 Å². The molecule has 0 saturated heterocycles. The van der Waals surface area contributed by atoms with Crippen molar-refractivity contribution in [3.63, 3.8) is 0 Å². The number of nitrogens with zero attached hydrogens (tertiary/aromatic N) is 3. The predicted molar refractivity (Wildman–Crippen MR) is 231 cm³/mol. The highest BCUT2D eigenvalue weighted by atomic mass is 19.4. The highest BCUT2D eigenvalue weighted by molar-refractivity contribution is 6.05. The monoisotopic (exact) mass is 869 g/mol. The van der Waals surface area contributed by atoms with Crippen LogP contribution in [0.3, 0.4) is 0 Å². The Balaban J connectivity index is 0.000000246. The Morgan fingerprint density at radius 3 is 1.74 bits per heavy atom. The fourth-order valence-electron chi connectivity index (χ4n) is 9.30. The average molecular weight is 870 g/mol. The topological polar surface area (TPSA) is 123 Å². The standard InChI is InChI=1S/C26H35F3N2O5.C22H31NO3/c1-15(2)31(17-10-8-7-9-11-17)22(32)18-12-20-21(13-19(18)26(27,28)29)36-25(4,5)24(34)30(20)14-16(3)23(33)35-6;1-14(2)23(17-9-7-6-8-10-17)21(25)18-12-16-13-20(24)22(4,5)26-19(16)11-15(18)3/h12-13,15-17H,7-11,14H2,1-6H3;11-12,14,17H,6-10,13H2,1-5H3/t16-;/m0./s1. The van der Waals surface area contributed by atoms with Crippen LogP contribution in [0.15, 0.2) is 24.3 Å². The van der Waals surface area contributed by atoms with Gasteiger partial charge in [0.15, 0.2) is 17.0 Å². The molecular formula is C48H66F3N3O8. The summed E-state index contributed by atoms with van der Waals surface area (Å²) in [6, 6.07) is 5.72. The quantitative estimate of drug-likeness (QED) is 0.229. The summed E-state index contributed by atoms with van der Waals surface area (Å²) in [5.41, 5.74) is -1.43. The summed E-state index contributed by atoms with van der Waals surface area (Å²) in [5.74, 6) is -1.88. The summed E-state index contributed by atoms with van der Waals surface area (Å²) in [5, 5.41) is 0. The van der Waals surface area contributed by atoms with Gasteiger partial charge in [-0.05, 0) is 118 Å². The van der Waals surface area contributed by atoms with Gasteiger partial charge < -0.3 is 28.9 Å². The average Bonchev–Trinajstić information content (AvgIpc) is 3.19. The van der Waals surface area contributed by atoms with Gasteiger partial charge in [-0.1, -0.05) is 45.4 Å². The van der Waals surface area contributed by atoms with Crippen molar-refractivity contribution < 1.29 is 51.4 Å². The number of esters is 1. The lowest BCUT2D eigenvalue weighted by Crippen LogP contribution is -2.54. The van der Waals surface area contributed by atoms with E-state index in [-0.39, 0.29) is 47.8 Å².